The number of likely N-dealkylation sites (tertiary alicyclic amines) is 1. The number of hydrogen-bond donors (Lipinski definition) is 2. The summed E-state index contributed by atoms with van der Waals surface area (Å²) >= 11 is 6.48. The largest absolute Gasteiger partial charge is 0.495 e. The smallest absolute Gasteiger partial charge is 0.433 e. The number of alkyl halides is 3. The van der Waals surface area contributed by atoms with E-state index in [0.717, 1.165) is 12.3 Å². The van der Waals surface area contributed by atoms with Crippen LogP contribution in [0, 0.1) is 5.41 Å². The van der Waals surface area contributed by atoms with Crippen LogP contribution in [-0.4, -0.2) is 66.8 Å². The van der Waals surface area contributed by atoms with Crippen LogP contribution in [0.1, 0.15) is 81.5 Å². The Labute approximate surface area is 265 Å². The van der Waals surface area contributed by atoms with Crippen LogP contribution in [0.15, 0.2) is 30.5 Å². The van der Waals surface area contributed by atoms with Gasteiger partial charge in [-0.15, -0.1) is 0 Å². The number of piperidine rings is 1. The number of methoxy groups -OCH3 is 1. The molecular formula is C31H40ClF3N4O6. The fourth-order valence-electron chi connectivity index (χ4n) is 5.00. The van der Waals surface area contributed by atoms with Crippen molar-refractivity contribution in [2.45, 2.75) is 71.7 Å². The third-order valence-corrected chi connectivity index (χ3v) is 7.71. The van der Waals surface area contributed by atoms with Crippen molar-refractivity contribution in [2.75, 3.05) is 38.7 Å². The predicted octanol–water partition coefficient (Wildman–Crippen LogP) is 6.64. The topological polar surface area (TPSA) is 119 Å². The number of nitrogens with zero attached hydrogens (tertiary/aromatic N) is 2. The molecule has 1 aliphatic rings. The number of pyridine rings is 1. The number of anilines is 1. The molecule has 45 heavy (non-hydrogen) atoms. The van der Waals surface area contributed by atoms with Crippen LogP contribution in [-0.2, 0) is 20.4 Å². The Hall–Kier alpha value is -3.74. The average Bonchev–Trinajstić information content (AvgIpc) is 2.95. The van der Waals surface area contributed by atoms with Crippen molar-refractivity contribution in [3.8, 4) is 5.75 Å². The second kappa shape index (κ2) is 14.6. The number of aromatic nitrogens is 1. The summed E-state index contributed by atoms with van der Waals surface area (Å²) in [5.74, 6) is -0.651. The van der Waals surface area contributed by atoms with Gasteiger partial charge in [0.25, 0.3) is 5.91 Å². The van der Waals surface area contributed by atoms with E-state index in [-0.39, 0.29) is 41.5 Å². The van der Waals surface area contributed by atoms with E-state index >= 15 is 0 Å². The molecule has 2 heterocycles. The highest BCUT2D eigenvalue weighted by atomic mass is 35.5. The summed E-state index contributed by atoms with van der Waals surface area (Å²) < 4.78 is 55.6. The van der Waals surface area contributed by atoms with E-state index in [0.29, 0.717) is 31.6 Å². The molecule has 248 valence electrons. The maximum atomic E-state index is 13.3. The summed E-state index contributed by atoms with van der Waals surface area (Å²) in [6, 6.07) is 4.79. The number of amides is 2. The number of carbonyl (C=O) groups excluding carboxylic acids is 3. The third kappa shape index (κ3) is 9.87. The molecule has 0 spiro atoms. The molecule has 0 radical (unpaired) electrons. The standard InChI is InChI=1S/C31H40ClF3N4O6/c1-7-44-26(40)16-30(10-12-39(13-11-30)28(42)45-29(3,4)5)18-37-27(41)20-8-9-23(22(32)14-20)38-19(2)21-15-25(31(33,34)35)36-17-24(21)43-6/h8-9,14-15,17,19,38H,7,10-13,16,18H2,1-6H3,(H,37,41). The van der Waals surface area contributed by atoms with Crippen LogP contribution in [0.4, 0.5) is 23.7 Å². The fourth-order valence-corrected chi connectivity index (χ4v) is 5.24. The highest BCUT2D eigenvalue weighted by Gasteiger charge is 2.40. The van der Waals surface area contributed by atoms with Gasteiger partial charge in [-0.05, 0) is 71.7 Å². The van der Waals surface area contributed by atoms with Crippen molar-refractivity contribution in [1.29, 1.82) is 0 Å². The molecule has 1 aromatic heterocycles. The lowest BCUT2D eigenvalue weighted by Crippen LogP contribution is -2.49. The van der Waals surface area contributed by atoms with Crippen molar-refractivity contribution in [1.82, 2.24) is 15.2 Å². The molecule has 1 unspecified atom stereocenters. The minimum absolute atomic E-state index is 0.0688. The fraction of sp³-hybridized carbons (Fsp3) is 0.548. The van der Waals surface area contributed by atoms with Gasteiger partial charge >= 0.3 is 18.2 Å². The third-order valence-electron chi connectivity index (χ3n) is 7.40. The number of ether oxygens (including phenoxy) is 3. The van der Waals surface area contributed by atoms with Gasteiger partial charge in [0.05, 0.1) is 43.1 Å². The molecule has 14 heteroatoms. The van der Waals surface area contributed by atoms with Crippen molar-refractivity contribution in [2.24, 2.45) is 5.41 Å². The first-order chi connectivity index (χ1) is 21.0. The average molecular weight is 657 g/mol. The molecule has 0 bridgehead atoms. The van der Waals surface area contributed by atoms with Crippen molar-refractivity contribution in [3.05, 3.63) is 52.3 Å². The summed E-state index contributed by atoms with van der Waals surface area (Å²) in [5.41, 5.74) is -1.47. The molecule has 1 fully saturated rings. The van der Waals surface area contributed by atoms with Crippen LogP contribution in [0.5, 0.6) is 5.75 Å². The van der Waals surface area contributed by atoms with Crippen LogP contribution in [0.25, 0.3) is 0 Å². The number of hydrogen-bond acceptors (Lipinski definition) is 8. The van der Waals surface area contributed by atoms with E-state index in [1.807, 2.05) is 0 Å². The maximum absolute atomic E-state index is 13.3. The minimum Gasteiger partial charge on any atom is -0.495 e. The molecule has 0 aliphatic carbocycles. The molecule has 10 nitrogen and oxygen atoms in total. The first-order valence-electron chi connectivity index (χ1n) is 14.6. The zero-order valence-corrected chi connectivity index (χ0v) is 27.0. The lowest BCUT2D eigenvalue weighted by molar-refractivity contribution is -0.146. The maximum Gasteiger partial charge on any atom is 0.433 e. The van der Waals surface area contributed by atoms with Gasteiger partial charge in [0.1, 0.15) is 17.0 Å². The van der Waals surface area contributed by atoms with Crippen LogP contribution < -0.4 is 15.4 Å². The van der Waals surface area contributed by atoms with E-state index in [1.54, 1.807) is 45.6 Å². The number of benzene rings is 1. The summed E-state index contributed by atoms with van der Waals surface area (Å²) in [6.07, 6.45) is -3.09. The normalized spacial score (nSPS) is 15.6. The van der Waals surface area contributed by atoms with E-state index in [1.165, 1.54) is 19.2 Å². The lowest BCUT2D eigenvalue weighted by Gasteiger charge is -2.41. The SMILES string of the molecule is CCOC(=O)CC1(CNC(=O)c2ccc(NC(C)c3cc(C(F)(F)F)ncc3OC)c(Cl)c2)CCN(C(=O)OC(C)(C)C)CC1. The molecule has 2 amide bonds. The summed E-state index contributed by atoms with van der Waals surface area (Å²) in [5, 5.41) is 6.13. The molecule has 2 aromatic rings. The summed E-state index contributed by atoms with van der Waals surface area (Å²) in [6.45, 7) is 9.80. The van der Waals surface area contributed by atoms with Gasteiger partial charge in [0.15, 0.2) is 0 Å². The molecule has 0 saturated carbocycles. The minimum atomic E-state index is -4.63. The Bertz CT molecular complexity index is 1370. The van der Waals surface area contributed by atoms with Gasteiger partial charge in [0.2, 0.25) is 0 Å². The van der Waals surface area contributed by atoms with E-state index in [2.05, 4.69) is 15.6 Å². The van der Waals surface area contributed by atoms with Gasteiger partial charge in [-0.1, -0.05) is 11.6 Å². The number of carbonyl (C=O) groups is 3. The van der Waals surface area contributed by atoms with E-state index in [4.69, 9.17) is 25.8 Å². The van der Waals surface area contributed by atoms with Gasteiger partial charge in [-0.3, -0.25) is 9.59 Å². The van der Waals surface area contributed by atoms with Crippen LogP contribution in [0.2, 0.25) is 5.02 Å². The second-order valence-corrected chi connectivity index (χ2v) is 12.4. The molecule has 3 rings (SSSR count). The van der Waals surface area contributed by atoms with Crippen LogP contribution in [0.3, 0.4) is 0 Å². The second-order valence-electron chi connectivity index (χ2n) is 12.0. The van der Waals surface area contributed by atoms with Crippen molar-refractivity contribution >= 4 is 35.3 Å². The quantitative estimate of drug-likeness (QED) is 0.274. The zero-order chi connectivity index (χ0) is 33.6. The van der Waals surface area contributed by atoms with Gasteiger partial charge < -0.3 is 29.7 Å². The first kappa shape index (κ1) is 35.7. The molecule has 1 aromatic carbocycles. The Morgan fingerprint density at radius 1 is 1.13 bits per heavy atom. The Morgan fingerprint density at radius 3 is 2.36 bits per heavy atom. The number of esters is 1. The summed E-state index contributed by atoms with van der Waals surface area (Å²) in [7, 11) is 1.34. The molecule has 1 saturated heterocycles. The summed E-state index contributed by atoms with van der Waals surface area (Å²) in [4.78, 5) is 43.2. The van der Waals surface area contributed by atoms with Crippen LogP contribution >= 0.6 is 11.6 Å². The molecular weight excluding hydrogens is 617 g/mol. The number of halogens is 4. The molecule has 1 atom stereocenters. The Balaban J connectivity index is 1.70. The molecule has 2 N–H and O–H groups in total. The van der Waals surface area contributed by atoms with Gasteiger partial charge in [-0.2, -0.15) is 13.2 Å². The number of nitrogens with one attached hydrogen (secondary N) is 2. The Morgan fingerprint density at radius 2 is 1.80 bits per heavy atom. The van der Waals surface area contributed by atoms with E-state index < -0.39 is 46.9 Å². The highest BCUT2D eigenvalue weighted by molar-refractivity contribution is 6.33. The highest BCUT2D eigenvalue weighted by Crippen LogP contribution is 2.37. The zero-order valence-electron chi connectivity index (χ0n) is 26.3. The Kier molecular flexibility index (Phi) is 11.6. The van der Waals surface area contributed by atoms with Crippen molar-refractivity contribution < 1.29 is 41.8 Å². The number of rotatable bonds is 10. The van der Waals surface area contributed by atoms with Gasteiger partial charge in [-0.25, -0.2) is 9.78 Å². The lowest BCUT2D eigenvalue weighted by atomic mass is 9.75. The van der Waals surface area contributed by atoms with Gasteiger partial charge in [0, 0.05) is 36.2 Å². The van der Waals surface area contributed by atoms with Crippen molar-refractivity contribution in [3.63, 3.8) is 0 Å². The molecule has 1 aliphatic heterocycles. The first-order valence-corrected chi connectivity index (χ1v) is 14.9. The predicted molar refractivity (Wildman–Crippen MR) is 162 cm³/mol. The monoisotopic (exact) mass is 656 g/mol. The van der Waals surface area contributed by atoms with E-state index in [9.17, 15) is 27.6 Å².